The lowest BCUT2D eigenvalue weighted by Crippen LogP contribution is -2.13. The Kier molecular flexibility index (Phi) is 7.59. The molecule has 2 heteroatoms. The Balaban J connectivity index is 1.41. The fourth-order valence-electron chi connectivity index (χ4n) is 5.33. The summed E-state index contributed by atoms with van der Waals surface area (Å²) in [7, 11) is 0. The van der Waals surface area contributed by atoms with Crippen LogP contribution in [0.3, 0.4) is 0 Å². The van der Waals surface area contributed by atoms with Crippen molar-refractivity contribution in [1.29, 1.82) is 5.26 Å². The van der Waals surface area contributed by atoms with E-state index < -0.39 is 0 Å². The van der Waals surface area contributed by atoms with Crippen LogP contribution in [-0.2, 0) is 0 Å². The molecule has 1 saturated carbocycles. The van der Waals surface area contributed by atoms with Gasteiger partial charge in [-0.15, -0.1) is 0 Å². The van der Waals surface area contributed by atoms with Crippen LogP contribution in [0.1, 0.15) is 88.2 Å². The summed E-state index contributed by atoms with van der Waals surface area (Å²) in [5.41, 5.74) is 3.35. The van der Waals surface area contributed by atoms with Crippen molar-refractivity contribution in [3.63, 3.8) is 0 Å². The molecular weight excluding hydrogens is 393 g/mol. The molecule has 166 valence electrons. The highest BCUT2D eigenvalue weighted by Crippen LogP contribution is 2.39. The number of hydrogen-bond donors (Lipinski definition) is 0. The van der Waals surface area contributed by atoms with E-state index in [0.717, 1.165) is 16.9 Å². The lowest BCUT2D eigenvalue weighted by molar-refractivity contribution is 0.302. The summed E-state index contributed by atoms with van der Waals surface area (Å²) in [4.78, 5) is 0. The number of rotatable bonds is 8. The molecule has 4 rings (SSSR count). The smallest absolute Gasteiger partial charge is 0.138 e. The Hall–Kier alpha value is -2.66. The third kappa shape index (κ3) is 5.21. The highest BCUT2D eigenvalue weighted by atomic mass is 19.1. The molecule has 0 saturated heterocycles. The zero-order chi connectivity index (χ0) is 22.3. The normalized spacial score (nSPS) is 18.5. The van der Waals surface area contributed by atoms with Crippen LogP contribution in [0.25, 0.3) is 21.9 Å². The van der Waals surface area contributed by atoms with Crippen LogP contribution in [0.15, 0.2) is 54.6 Å². The first-order chi connectivity index (χ1) is 15.7. The Morgan fingerprint density at radius 1 is 0.875 bits per heavy atom. The second-order valence-electron chi connectivity index (χ2n) is 9.52. The van der Waals surface area contributed by atoms with Crippen molar-refractivity contribution in [2.45, 2.75) is 77.0 Å². The van der Waals surface area contributed by atoms with Crippen LogP contribution < -0.4 is 0 Å². The van der Waals surface area contributed by atoms with Gasteiger partial charge in [0.1, 0.15) is 5.82 Å². The van der Waals surface area contributed by atoms with Crippen molar-refractivity contribution in [3.8, 4) is 17.2 Å². The fraction of sp³-hybridized carbons (Fsp3) is 0.433. The number of nitrogens with zero attached hydrogens (tertiary/aromatic N) is 1. The van der Waals surface area contributed by atoms with Crippen molar-refractivity contribution in [1.82, 2.24) is 0 Å². The first-order valence-electron chi connectivity index (χ1n) is 12.4. The minimum absolute atomic E-state index is 0.175. The van der Waals surface area contributed by atoms with Gasteiger partial charge in [0.05, 0.1) is 11.6 Å². The molecule has 1 aliphatic rings. The third-order valence-electron chi connectivity index (χ3n) is 7.34. The third-order valence-corrected chi connectivity index (χ3v) is 7.34. The monoisotopic (exact) mass is 427 g/mol. The van der Waals surface area contributed by atoms with Gasteiger partial charge in [-0.25, -0.2) is 4.39 Å². The minimum Gasteiger partial charge on any atom is -0.206 e. The molecule has 0 heterocycles. The molecule has 0 unspecified atom stereocenters. The van der Waals surface area contributed by atoms with Crippen molar-refractivity contribution in [2.75, 3.05) is 0 Å². The summed E-state index contributed by atoms with van der Waals surface area (Å²) in [5, 5.41) is 10.6. The van der Waals surface area contributed by atoms with Gasteiger partial charge in [0.2, 0.25) is 0 Å². The van der Waals surface area contributed by atoms with Crippen LogP contribution >= 0.6 is 0 Å². The highest BCUT2D eigenvalue weighted by molar-refractivity contribution is 5.89. The van der Waals surface area contributed by atoms with Gasteiger partial charge in [0, 0.05) is 10.9 Å². The van der Waals surface area contributed by atoms with Gasteiger partial charge in [-0.05, 0) is 66.2 Å². The summed E-state index contributed by atoms with van der Waals surface area (Å²) >= 11 is 0. The number of unbranched alkanes of at least 4 members (excludes halogenated alkanes) is 4. The standard InChI is InChI=1S/C30H34FN/c1-2-3-4-5-6-7-22-8-12-24(13-9-22)26-16-18-29-27(20-26)17-19-28(30(29)31)25-14-10-23(21-32)11-15-25/h10-11,14-20,22,24H,2-9,12-13H2,1H3. The zero-order valence-electron chi connectivity index (χ0n) is 19.2. The average Bonchev–Trinajstić information content (AvgIpc) is 2.84. The molecule has 0 radical (unpaired) electrons. The van der Waals surface area contributed by atoms with E-state index in [1.54, 1.807) is 12.1 Å². The number of fused-ring (bicyclic) bond motifs is 1. The van der Waals surface area contributed by atoms with Gasteiger partial charge in [-0.1, -0.05) is 87.9 Å². The van der Waals surface area contributed by atoms with E-state index in [9.17, 15) is 0 Å². The van der Waals surface area contributed by atoms with Crippen molar-refractivity contribution in [3.05, 3.63) is 71.5 Å². The van der Waals surface area contributed by atoms with Gasteiger partial charge in [-0.2, -0.15) is 5.26 Å². The molecular formula is C30H34FN. The molecule has 1 aliphatic carbocycles. The van der Waals surface area contributed by atoms with E-state index in [0.29, 0.717) is 22.4 Å². The SMILES string of the molecule is CCCCCCCC1CCC(c2ccc3c(F)c(-c4ccc(C#N)cc4)ccc3c2)CC1. The number of nitriles is 1. The largest absolute Gasteiger partial charge is 0.206 e. The van der Waals surface area contributed by atoms with E-state index >= 15 is 4.39 Å². The van der Waals surface area contributed by atoms with Gasteiger partial charge in [0.15, 0.2) is 0 Å². The Morgan fingerprint density at radius 2 is 1.62 bits per heavy atom. The van der Waals surface area contributed by atoms with E-state index in [2.05, 4.69) is 25.1 Å². The molecule has 1 fully saturated rings. The molecule has 32 heavy (non-hydrogen) atoms. The zero-order valence-corrected chi connectivity index (χ0v) is 19.2. The van der Waals surface area contributed by atoms with Crippen molar-refractivity contribution in [2.24, 2.45) is 5.92 Å². The maximum atomic E-state index is 15.3. The molecule has 0 aromatic heterocycles. The second-order valence-corrected chi connectivity index (χ2v) is 9.52. The van der Waals surface area contributed by atoms with Gasteiger partial charge in [-0.3, -0.25) is 0 Å². The van der Waals surface area contributed by atoms with Crippen LogP contribution in [0.4, 0.5) is 4.39 Å². The molecule has 0 N–H and O–H groups in total. The Morgan fingerprint density at radius 3 is 2.34 bits per heavy atom. The molecule has 3 aromatic carbocycles. The average molecular weight is 428 g/mol. The van der Waals surface area contributed by atoms with Crippen LogP contribution in [0.5, 0.6) is 0 Å². The van der Waals surface area contributed by atoms with Crippen LogP contribution in [-0.4, -0.2) is 0 Å². The summed E-state index contributed by atoms with van der Waals surface area (Å²) in [5.74, 6) is 1.34. The van der Waals surface area contributed by atoms with Gasteiger partial charge in [0.25, 0.3) is 0 Å². The Labute approximate surface area is 192 Å². The summed E-state index contributed by atoms with van der Waals surface area (Å²) in [6.07, 6.45) is 13.5. The number of benzene rings is 3. The van der Waals surface area contributed by atoms with Crippen LogP contribution in [0, 0.1) is 23.1 Å². The van der Waals surface area contributed by atoms with E-state index in [1.165, 1.54) is 69.8 Å². The maximum Gasteiger partial charge on any atom is 0.138 e. The predicted molar refractivity (Wildman–Crippen MR) is 132 cm³/mol. The molecule has 0 spiro atoms. The van der Waals surface area contributed by atoms with E-state index in [-0.39, 0.29) is 5.82 Å². The molecule has 3 aromatic rings. The highest BCUT2D eigenvalue weighted by Gasteiger charge is 2.22. The molecule has 0 bridgehead atoms. The quantitative estimate of drug-likeness (QED) is 0.329. The summed E-state index contributed by atoms with van der Waals surface area (Å²) in [6.45, 7) is 2.27. The first-order valence-corrected chi connectivity index (χ1v) is 12.4. The lowest BCUT2D eigenvalue weighted by Gasteiger charge is -2.29. The minimum atomic E-state index is -0.175. The van der Waals surface area contributed by atoms with Gasteiger partial charge >= 0.3 is 0 Å². The molecule has 1 nitrogen and oxygen atoms in total. The first kappa shape index (κ1) is 22.5. The van der Waals surface area contributed by atoms with Gasteiger partial charge < -0.3 is 0 Å². The topological polar surface area (TPSA) is 23.8 Å². The molecule has 0 amide bonds. The Bertz CT molecular complexity index is 1070. The lowest BCUT2D eigenvalue weighted by atomic mass is 9.76. The molecule has 0 atom stereocenters. The predicted octanol–water partition coefficient (Wildman–Crippen LogP) is 9.15. The van der Waals surface area contributed by atoms with E-state index in [1.807, 2.05) is 30.3 Å². The van der Waals surface area contributed by atoms with E-state index in [4.69, 9.17) is 5.26 Å². The summed E-state index contributed by atoms with van der Waals surface area (Å²) in [6, 6.07) is 19.5. The van der Waals surface area contributed by atoms with Crippen molar-refractivity contribution < 1.29 is 4.39 Å². The number of halogens is 1. The fourth-order valence-corrected chi connectivity index (χ4v) is 5.33. The molecule has 0 aliphatic heterocycles. The maximum absolute atomic E-state index is 15.3. The van der Waals surface area contributed by atoms with Crippen molar-refractivity contribution >= 4 is 10.8 Å². The summed E-state index contributed by atoms with van der Waals surface area (Å²) < 4.78 is 15.3. The van der Waals surface area contributed by atoms with Crippen LogP contribution in [0.2, 0.25) is 0 Å². The second kappa shape index (κ2) is 10.8. The number of hydrogen-bond acceptors (Lipinski definition) is 1.